The number of amides is 1. The van der Waals surface area contributed by atoms with Gasteiger partial charge in [0.05, 0.1) is 23.6 Å². The van der Waals surface area contributed by atoms with E-state index in [1.807, 2.05) is 31.2 Å². The Hall–Kier alpha value is -3.45. The summed E-state index contributed by atoms with van der Waals surface area (Å²) in [4.78, 5) is 32.5. The van der Waals surface area contributed by atoms with E-state index in [1.54, 1.807) is 35.8 Å². The quantitative estimate of drug-likeness (QED) is 0.504. The number of hydrogen-bond acceptors (Lipinski definition) is 6. The summed E-state index contributed by atoms with van der Waals surface area (Å²) in [7, 11) is 0. The first-order chi connectivity index (χ1) is 14.2. The van der Waals surface area contributed by atoms with E-state index in [-0.39, 0.29) is 17.1 Å². The third kappa shape index (κ3) is 2.74. The Labute approximate surface area is 170 Å². The van der Waals surface area contributed by atoms with E-state index >= 15 is 0 Å². The van der Waals surface area contributed by atoms with Crippen molar-refractivity contribution in [2.75, 3.05) is 11.5 Å². The number of para-hydroxylation sites is 1. The minimum atomic E-state index is -0.634. The van der Waals surface area contributed by atoms with Gasteiger partial charge in [-0.15, -0.1) is 11.3 Å². The molecule has 0 N–H and O–H groups in total. The van der Waals surface area contributed by atoms with Gasteiger partial charge in [0.25, 0.3) is 5.91 Å². The molecule has 5 rings (SSSR count). The predicted octanol–water partition coefficient (Wildman–Crippen LogP) is 4.40. The van der Waals surface area contributed by atoms with E-state index in [4.69, 9.17) is 9.15 Å². The van der Waals surface area contributed by atoms with Crippen LogP contribution in [0, 0.1) is 0 Å². The van der Waals surface area contributed by atoms with Crippen molar-refractivity contribution in [3.63, 3.8) is 0 Å². The summed E-state index contributed by atoms with van der Waals surface area (Å²) in [5.74, 6) is 0.371. The van der Waals surface area contributed by atoms with Crippen LogP contribution in [0.2, 0.25) is 0 Å². The van der Waals surface area contributed by atoms with Crippen LogP contribution in [0.3, 0.4) is 0 Å². The van der Waals surface area contributed by atoms with E-state index < -0.39 is 6.04 Å². The maximum atomic E-state index is 13.4. The molecule has 0 radical (unpaired) electrons. The van der Waals surface area contributed by atoms with Crippen LogP contribution in [0.1, 0.15) is 34.6 Å². The highest BCUT2D eigenvalue weighted by Crippen LogP contribution is 2.42. The van der Waals surface area contributed by atoms with Crippen molar-refractivity contribution in [3.8, 4) is 5.75 Å². The number of fused-ring (bicyclic) bond motifs is 2. The highest BCUT2D eigenvalue weighted by molar-refractivity contribution is 7.13. The van der Waals surface area contributed by atoms with Crippen molar-refractivity contribution in [1.29, 1.82) is 0 Å². The van der Waals surface area contributed by atoms with Crippen molar-refractivity contribution >= 4 is 33.3 Å². The first kappa shape index (κ1) is 17.6. The van der Waals surface area contributed by atoms with Crippen LogP contribution in [0.4, 0.5) is 5.13 Å². The fourth-order valence-electron chi connectivity index (χ4n) is 3.71. The number of ether oxygens (including phenoxy) is 1. The molecule has 6 nitrogen and oxygen atoms in total. The van der Waals surface area contributed by atoms with Gasteiger partial charge < -0.3 is 9.15 Å². The number of rotatable bonds is 4. The molecule has 0 spiro atoms. The Bertz CT molecular complexity index is 1280. The van der Waals surface area contributed by atoms with Gasteiger partial charge in [-0.25, -0.2) is 4.98 Å². The number of carbonyl (C=O) groups is 1. The number of hydrogen-bond donors (Lipinski definition) is 0. The van der Waals surface area contributed by atoms with Gasteiger partial charge in [0.1, 0.15) is 11.3 Å². The zero-order chi connectivity index (χ0) is 20.0. The Morgan fingerprint density at radius 3 is 2.83 bits per heavy atom. The predicted molar refractivity (Wildman–Crippen MR) is 111 cm³/mol. The van der Waals surface area contributed by atoms with Crippen molar-refractivity contribution in [2.45, 2.75) is 13.0 Å². The second-order valence-electron chi connectivity index (χ2n) is 6.57. The molecule has 7 heteroatoms. The third-order valence-corrected chi connectivity index (χ3v) is 5.66. The summed E-state index contributed by atoms with van der Waals surface area (Å²) in [6, 6.07) is 13.8. The molecular weight excluding hydrogens is 388 g/mol. The highest BCUT2D eigenvalue weighted by Gasteiger charge is 2.44. The molecule has 4 aromatic rings. The first-order valence-corrected chi connectivity index (χ1v) is 10.1. The van der Waals surface area contributed by atoms with Crippen LogP contribution in [0.25, 0.3) is 11.0 Å². The lowest BCUT2D eigenvalue weighted by Crippen LogP contribution is -2.29. The van der Waals surface area contributed by atoms with Crippen LogP contribution in [-0.4, -0.2) is 17.5 Å². The second kappa shape index (κ2) is 6.86. The van der Waals surface area contributed by atoms with Crippen LogP contribution in [-0.2, 0) is 0 Å². The molecule has 0 saturated heterocycles. The van der Waals surface area contributed by atoms with Crippen molar-refractivity contribution < 1.29 is 13.9 Å². The van der Waals surface area contributed by atoms with Crippen LogP contribution in [0.15, 0.2) is 69.3 Å². The first-order valence-electron chi connectivity index (χ1n) is 9.20. The van der Waals surface area contributed by atoms with Crippen LogP contribution < -0.4 is 15.1 Å². The fourth-order valence-corrected chi connectivity index (χ4v) is 4.38. The average Bonchev–Trinajstić information content (AvgIpc) is 3.36. The van der Waals surface area contributed by atoms with Gasteiger partial charge in [-0.05, 0) is 36.8 Å². The fraction of sp³-hybridized carbons (Fsp3) is 0.136. The maximum Gasteiger partial charge on any atom is 0.297 e. The SMILES string of the molecule is CCOc1cccc([C@H]2c3c(oc4ccccc4c3=O)C(=O)N2c2nccs2)c1. The smallest absolute Gasteiger partial charge is 0.297 e. The van der Waals surface area contributed by atoms with E-state index in [2.05, 4.69) is 4.98 Å². The number of benzene rings is 2. The molecule has 2 aromatic carbocycles. The number of carbonyl (C=O) groups excluding carboxylic acids is 1. The topological polar surface area (TPSA) is 72.6 Å². The Balaban J connectivity index is 1.79. The Kier molecular flexibility index (Phi) is 4.17. The van der Waals surface area contributed by atoms with Crippen molar-refractivity contribution in [2.24, 2.45) is 0 Å². The summed E-state index contributed by atoms with van der Waals surface area (Å²) in [5.41, 5.74) is 1.28. The zero-order valence-electron chi connectivity index (χ0n) is 15.5. The molecule has 1 aliphatic heterocycles. The summed E-state index contributed by atoms with van der Waals surface area (Å²) >= 11 is 1.34. The van der Waals surface area contributed by atoms with Gasteiger partial charge in [0, 0.05) is 11.6 Å². The zero-order valence-corrected chi connectivity index (χ0v) is 16.3. The largest absolute Gasteiger partial charge is 0.494 e. The molecule has 1 amide bonds. The molecule has 0 unspecified atom stereocenters. The van der Waals surface area contributed by atoms with Gasteiger partial charge in [0.2, 0.25) is 5.76 Å². The van der Waals surface area contributed by atoms with Crippen LogP contribution >= 0.6 is 11.3 Å². The lowest BCUT2D eigenvalue weighted by molar-refractivity contribution is 0.0971. The Morgan fingerprint density at radius 2 is 2.03 bits per heavy atom. The average molecular weight is 404 g/mol. The number of thiazole rings is 1. The summed E-state index contributed by atoms with van der Waals surface area (Å²) < 4.78 is 11.5. The molecule has 1 aliphatic rings. The van der Waals surface area contributed by atoms with E-state index in [0.29, 0.717) is 34.0 Å². The lowest BCUT2D eigenvalue weighted by atomic mass is 9.98. The molecular formula is C22H16N2O4S. The minimum Gasteiger partial charge on any atom is -0.494 e. The molecule has 29 heavy (non-hydrogen) atoms. The van der Waals surface area contributed by atoms with Gasteiger partial charge in [-0.1, -0.05) is 24.3 Å². The second-order valence-corrected chi connectivity index (χ2v) is 7.44. The molecule has 1 atom stereocenters. The summed E-state index contributed by atoms with van der Waals surface area (Å²) in [6.45, 7) is 2.43. The normalized spacial score (nSPS) is 15.7. The third-order valence-electron chi connectivity index (χ3n) is 4.89. The minimum absolute atomic E-state index is 0.0655. The van der Waals surface area contributed by atoms with E-state index in [1.165, 1.54) is 16.2 Å². The van der Waals surface area contributed by atoms with E-state index in [9.17, 15) is 9.59 Å². The molecule has 0 aliphatic carbocycles. The van der Waals surface area contributed by atoms with Gasteiger partial charge in [-0.2, -0.15) is 0 Å². The summed E-state index contributed by atoms with van der Waals surface area (Å²) in [5, 5.41) is 2.76. The van der Waals surface area contributed by atoms with Gasteiger partial charge in [-0.3, -0.25) is 14.5 Å². The summed E-state index contributed by atoms with van der Waals surface area (Å²) in [6.07, 6.45) is 1.63. The van der Waals surface area contributed by atoms with Crippen molar-refractivity contribution in [3.05, 3.63) is 87.2 Å². The number of nitrogens with zero attached hydrogens (tertiary/aromatic N) is 2. The van der Waals surface area contributed by atoms with Crippen LogP contribution in [0.5, 0.6) is 5.75 Å². The molecule has 144 valence electrons. The molecule has 0 fully saturated rings. The number of anilines is 1. The van der Waals surface area contributed by atoms with E-state index in [0.717, 1.165) is 5.56 Å². The Morgan fingerprint density at radius 1 is 1.17 bits per heavy atom. The number of aromatic nitrogens is 1. The molecule has 0 saturated carbocycles. The monoisotopic (exact) mass is 404 g/mol. The highest BCUT2D eigenvalue weighted by atomic mass is 32.1. The molecule has 0 bridgehead atoms. The van der Waals surface area contributed by atoms with Crippen molar-refractivity contribution in [1.82, 2.24) is 4.98 Å². The molecule has 2 aromatic heterocycles. The molecule has 3 heterocycles. The maximum absolute atomic E-state index is 13.4. The lowest BCUT2D eigenvalue weighted by Gasteiger charge is -2.22. The van der Waals surface area contributed by atoms with Gasteiger partial charge >= 0.3 is 0 Å². The standard InChI is InChI=1S/C22H16N2O4S/c1-2-27-14-7-5-6-13(12-14)18-17-19(25)15-8-3-4-9-16(15)28-20(17)21(26)24(18)22-23-10-11-29-22/h3-12,18H,2H2,1H3/t18-/m0/s1. The van der Waals surface area contributed by atoms with Gasteiger partial charge in [0.15, 0.2) is 10.6 Å².